The topological polar surface area (TPSA) is 29.5 Å². The third-order valence-corrected chi connectivity index (χ3v) is 5.50. The van der Waals surface area contributed by atoms with E-state index in [9.17, 15) is 9.50 Å². The molecule has 3 heteroatoms. The van der Waals surface area contributed by atoms with Gasteiger partial charge in [-0.05, 0) is 56.4 Å². The lowest BCUT2D eigenvalue weighted by Gasteiger charge is -2.47. The van der Waals surface area contributed by atoms with Crippen LogP contribution in [0, 0.1) is 11.8 Å². The van der Waals surface area contributed by atoms with E-state index in [1.54, 1.807) is 6.08 Å². The summed E-state index contributed by atoms with van der Waals surface area (Å²) in [5.41, 5.74) is -1.59. The lowest BCUT2D eigenvalue weighted by atomic mass is 9.69. The van der Waals surface area contributed by atoms with E-state index >= 15 is 0 Å². The Balaban J connectivity index is 1.58. The first-order chi connectivity index (χ1) is 9.01. The monoisotopic (exact) mass is 268 g/mol. The van der Waals surface area contributed by atoms with Crippen LogP contribution >= 0.6 is 0 Å². The molecule has 2 bridgehead atoms. The highest BCUT2D eigenvalue weighted by molar-refractivity contribution is 5.25. The van der Waals surface area contributed by atoms with Gasteiger partial charge in [-0.25, -0.2) is 4.39 Å². The molecule has 4 rings (SSSR count). The minimum absolute atomic E-state index is 0.359. The fourth-order valence-electron chi connectivity index (χ4n) is 3.80. The molecule has 0 aliphatic heterocycles. The molecule has 4 aliphatic rings. The van der Waals surface area contributed by atoms with E-state index in [1.807, 2.05) is 0 Å². The van der Waals surface area contributed by atoms with Gasteiger partial charge >= 0.3 is 0 Å². The van der Waals surface area contributed by atoms with Crippen LogP contribution in [0.4, 0.5) is 4.39 Å². The summed E-state index contributed by atoms with van der Waals surface area (Å²) in [6, 6.07) is 0. The molecule has 0 aromatic rings. The number of rotatable bonds is 3. The minimum atomic E-state index is -1.18. The number of hydrogen-bond donors (Lipinski definition) is 1. The molecular formula is C16H25FO2. The normalized spacial score (nSPS) is 46.2. The number of halogens is 1. The largest absolute Gasteiger partial charge is 0.383 e. The van der Waals surface area contributed by atoms with Crippen molar-refractivity contribution >= 4 is 0 Å². The third-order valence-electron chi connectivity index (χ3n) is 5.50. The van der Waals surface area contributed by atoms with E-state index in [0.717, 1.165) is 25.4 Å². The SMILES string of the molecule is CC1CCC(COC23C=C(F)C(O)(CC2)CC3)CC1. The number of fused-ring (bicyclic) bond motifs is 2. The van der Waals surface area contributed by atoms with Crippen molar-refractivity contribution in [2.75, 3.05) is 6.61 Å². The van der Waals surface area contributed by atoms with Crippen molar-refractivity contribution in [2.45, 2.75) is 69.5 Å². The lowest BCUT2D eigenvalue weighted by Crippen LogP contribution is -2.49. The van der Waals surface area contributed by atoms with Crippen LogP contribution in [-0.4, -0.2) is 22.9 Å². The average molecular weight is 268 g/mol. The van der Waals surface area contributed by atoms with E-state index in [2.05, 4.69) is 6.92 Å². The molecule has 1 N–H and O–H groups in total. The van der Waals surface area contributed by atoms with E-state index in [1.165, 1.54) is 25.7 Å². The van der Waals surface area contributed by atoms with Crippen LogP contribution < -0.4 is 0 Å². The standard InChI is InChI=1S/C16H25FO2/c1-12-2-4-13(5-3-12)11-19-15-6-8-16(18,9-7-15)14(17)10-15/h10,12-13,18H,2-9,11H2,1H3. The lowest BCUT2D eigenvalue weighted by molar-refractivity contribution is -0.115. The van der Waals surface area contributed by atoms with Gasteiger partial charge in [-0.15, -0.1) is 0 Å². The van der Waals surface area contributed by atoms with Crippen LogP contribution in [0.3, 0.4) is 0 Å². The van der Waals surface area contributed by atoms with Gasteiger partial charge in [0.1, 0.15) is 11.4 Å². The highest BCUT2D eigenvalue weighted by Gasteiger charge is 2.50. The summed E-state index contributed by atoms with van der Waals surface area (Å²) >= 11 is 0. The molecule has 0 unspecified atom stereocenters. The fraction of sp³-hybridized carbons (Fsp3) is 0.875. The van der Waals surface area contributed by atoms with E-state index in [0.29, 0.717) is 18.8 Å². The van der Waals surface area contributed by atoms with Gasteiger partial charge in [-0.1, -0.05) is 19.8 Å². The zero-order valence-corrected chi connectivity index (χ0v) is 11.8. The molecule has 2 fully saturated rings. The van der Waals surface area contributed by atoms with E-state index in [4.69, 9.17) is 4.74 Å². The van der Waals surface area contributed by atoms with Gasteiger partial charge in [-0.3, -0.25) is 0 Å². The van der Waals surface area contributed by atoms with Crippen LogP contribution in [0.5, 0.6) is 0 Å². The molecule has 0 saturated heterocycles. The van der Waals surface area contributed by atoms with E-state index in [-0.39, 0.29) is 5.83 Å². The molecule has 0 atom stereocenters. The van der Waals surface area contributed by atoms with Crippen LogP contribution in [0.25, 0.3) is 0 Å². The maximum atomic E-state index is 13.9. The molecule has 19 heavy (non-hydrogen) atoms. The Kier molecular flexibility index (Phi) is 3.46. The summed E-state index contributed by atoms with van der Waals surface area (Å²) in [5.74, 6) is 1.14. The van der Waals surface area contributed by atoms with Crippen molar-refractivity contribution in [2.24, 2.45) is 11.8 Å². The Morgan fingerprint density at radius 1 is 1.21 bits per heavy atom. The molecule has 108 valence electrons. The molecule has 2 nitrogen and oxygen atoms in total. The maximum Gasteiger partial charge on any atom is 0.130 e. The van der Waals surface area contributed by atoms with Gasteiger partial charge in [0.25, 0.3) is 0 Å². The Morgan fingerprint density at radius 2 is 1.84 bits per heavy atom. The summed E-state index contributed by atoms with van der Waals surface area (Å²) in [7, 11) is 0. The van der Waals surface area contributed by atoms with Crippen molar-refractivity contribution in [1.82, 2.24) is 0 Å². The zero-order chi connectivity index (χ0) is 13.5. The predicted molar refractivity (Wildman–Crippen MR) is 72.4 cm³/mol. The van der Waals surface area contributed by atoms with E-state index < -0.39 is 11.2 Å². The molecule has 0 heterocycles. The number of hydrogen-bond acceptors (Lipinski definition) is 2. The van der Waals surface area contributed by atoms with Crippen molar-refractivity contribution in [1.29, 1.82) is 0 Å². The first-order valence-electron chi connectivity index (χ1n) is 7.77. The molecule has 0 aromatic heterocycles. The summed E-state index contributed by atoms with van der Waals surface area (Å²) in [6.45, 7) is 3.08. The third kappa shape index (κ3) is 2.59. The molecule has 0 radical (unpaired) electrons. The second-order valence-electron chi connectivity index (χ2n) is 7.03. The highest BCUT2D eigenvalue weighted by Crippen LogP contribution is 2.48. The first kappa shape index (κ1) is 13.6. The molecule has 2 saturated carbocycles. The molecule has 0 aromatic carbocycles. The van der Waals surface area contributed by atoms with Crippen LogP contribution in [0.15, 0.2) is 11.9 Å². The molecular weight excluding hydrogens is 243 g/mol. The van der Waals surface area contributed by atoms with Gasteiger partial charge in [0, 0.05) is 0 Å². The van der Waals surface area contributed by atoms with Crippen LogP contribution in [0.1, 0.15) is 58.3 Å². The Labute approximate surface area is 115 Å². The summed E-state index contributed by atoms with van der Waals surface area (Å²) in [6.07, 6.45) is 9.19. The summed E-state index contributed by atoms with van der Waals surface area (Å²) in [5, 5.41) is 10.0. The Bertz CT molecular complexity index is 361. The van der Waals surface area contributed by atoms with Gasteiger partial charge < -0.3 is 9.84 Å². The average Bonchev–Trinajstić information content (AvgIpc) is 2.41. The quantitative estimate of drug-likeness (QED) is 0.845. The van der Waals surface area contributed by atoms with Crippen molar-refractivity contribution in [3.8, 4) is 0 Å². The molecule has 4 aliphatic carbocycles. The van der Waals surface area contributed by atoms with Crippen molar-refractivity contribution in [3.05, 3.63) is 11.9 Å². The highest BCUT2D eigenvalue weighted by atomic mass is 19.1. The zero-order valence-electron chi connectivity index (χ0n) is 11.8. The van der Waals surface area contributed by atoms with Crippen LogP contribution in [0.2, 0.25) is 0 Å². The van der Waals surface area contributed by atoms with Crippen molar-refractivity contribution < 1.29 is 14.2 Å². The predicted octanol–water partition coefficient (Wildman–Crippen LogP) is 3.74. The smallest absolute Gasteiger partial charge is 0.130 e. The fourth-order valence-corrected chi connectivity index (χ4v) is 3.80. The van der Waals surface area contributed by atoms with Crippen LogP contribution in [-0.2, 0) is 4.74 Å². The second-order valence-corrected chi connectivity index (χ2v) is 7.03. The molecule has 0 spiro atoms. The van der Waals surface area contributed by atoms with Crippen molar-refractivity contribution in [3.63, 3.8) is 0 Å². The number of ether oxygens (including phenoxy) is 1. The van der Waals surface area contributed by atoms with Gasteiger partial charge in [-0.2, -0.15) is 0 Å². The summed E-state index contributed by atoms with van der Waals surface area (Å²) < 4.78 is 20.0. The summed E-state index contributed by atoms with van der Waals surface area (Å²) in [4.78, 5) is 0. The Hall–Kier alpha value is -0.410. The second kappa shape index (κ2) is 4.85. The first-order valence-corrected chi connectivity index (χ1v) is 7.77. The van der Waals surface area contributed by atoms with Gasteiger partial charge in [0.05, 0.1) is 12.2 Å². The Morgan fingerprint density at radius 3 is 2.42 bits per heavy atom. The maximum absolute atomic E-state index is 13.9. The minimum Gasteiger partial charge on any atom is -0.383 e. The van der Waals surface area contributed by atoms with Gasteiger partial charge in [0.15, 0.2) is 0 Å². The molecule has 0 amide bonds. The number of aliphatic hydroxyl groups is 1. The van der Waals surface area contributed by atoms with Gasteiger partial charge in [0.2, 0.25) is 0 Å².